The Morgan fingerprint density at radius 1 is 1.27 bits per heavy atom. The van der Waals surface area contributed by atoms with E-state index in [9.17, 15) is 4.79 Å². The predicted octanol–water partition coefficient (Wildman–Crippen LogP) is 3.28. The first kappa shape index (κ1) is 16.7. The van der Waals surface area contributed by atoms with Crippen molar-refractivity contribution in [3.8, 4) is 11.5 Å². The minimum atomic E-state index is 0.190. The molecule has 0 aromatic heterocycles. The Morgan fingerprint density at radius 2 is 2.00 bits per heavy atom. The Bertz CT molecular complexity index is 509. The van der Waals surface area contributed by atoms with E-state index < -0.39 is 0 Å². The second-order valence-electron chi connectivity index (χ2n) is 6.36. The Hall–Kier alpha value is -1.71. The minimum absolute atomic E-state index is 0.190. The van der Waals surface area contributed by atoms with E-state index in [1.165, 1.54) is 0 Å². The number of rotatable bonds is 8. The largest absolute Gasteiger partial charge is 0.497 e. The second kappa shape index (κ2) is 7.52. The van der Waals surface area contributed by atoms with Crippen molar-refractivity contribution < 1.29 is 14.3 Å². The molecule has 1 aliphatic rings. The molecule has 4 heteroatoms. The molecule has 122 valence electrons. The Morgan fingerprint density at radius 3 is 2.55 bits per heavy atom. The van der Waals surface area contributed by atoms with E-state index in [0.29, 0.717) is 18.4 Å². The second-order valence-corrected chi connectivity index (χ2v) is 6.36. The van der Waals surface area contributed by atoms with Crippen LogP contribution in [0.15, 0.2) is 18.2 Å². The van der Waals surface area contributed by atoms with E-state index in [4.69, 9.17) is 9.47 Å². The third kappa shape index (κ3) is 4.39. The molecule has 0 N–H and O–H groups in total. The van der Waals surface area contributed by atoms with Gasteiger partial charge in [0.15, 0.2) is 0 Å². The first-order valence-electron chi connectivity index (χ1n) is 8.05. The van der Waals surface area contributed by atoms with Crippen molar-refractivity contribution in [3.05, 3.63) is 23.8 Å². The molecule has 4 nitrogen and oxygen atoms in total. The zero-order chi connectivity index (χ0) is 16.1. The molecule has 0 unspecified atom stereocenters. The van der Waals surface area contributed by atoms with Crippen molar-refractivity contribution in [1.29, 1.82) is 0 Å². The van der Waals surface area contributed by atoms with Crippen LogP contribution >= 0.6 is 0 Å². The molecule has 0 spiro atoms. The molecule has 0 atom stereocenters. The van der Waals surface area contributed by atoms with Gasteiger partial charge in [-0.3, -0.25) is 4.79 Å². The monoisotopic (exact) mass is 305 g/mol. The van der Waals surface area contributed by atoms with Crippen LogP contribution < -0.4 is 9.47 Å². The van der Waals surface area contributed by atoms with Gasteiger partial charge in [0, 0.05) is 18.2 Å². The van der Waals surface area contributed by atoms with Crippen molar-refractivity contribution in [2.24, 2.45) is 5.92 Å². The van der Waals surface area contributed by atoms with E-state index in [2.05, 4.69) is 18.7 Å². The van der Waals surface area contributed by atoms with Crippen LogP contribution in [-0.4, -0.2) is 37.6 Å². The fraction of sp³-hybridized carbons (Fsp3) is 0.611. The highest BCUT2D eigenvalue weighted by molar-refractivity contribution is 5.80. The average molecular weight is 305 g/mol. The minimum Gasteiger partial charge on any atom is -0.497 e. The SMILES string of the molecule is COc1ccc(OC)c(CC(=O)N(CCC(C)C)C2CC2)c1. The molecule has 0 radical (unpaired) electrons. The van der Waals surface area contributed by atoms with Gasteiger partial charge >= 0.3 is 0 Å². The number of nitrogens with zero attached hydrogens (tertiary/aromatic N) is 1. The van der Waals surface area contributed by atoms with E-state index in [1.807, 2.05) is 18.2 Å². The number of amides is 1. The lowest BCUT2D eigenvalue weighted by Gasteiger charge is -2.24. The van der Waals surface area contributed by atoms with Gasteiger partial charge in [-0.1, -0.05) is 13.8 Å². The molecule has 1 aliphatic carbocycles. The summed E-state index contributed by atoms with van der Waals surface area (Å²) in [6.45, 7) is 5.24. The zero-order valence-electron chi connectivity index (χ0n) is 14.1. The number of hydrogen-bond donors (Lipinski definition) is 0. The van der Waals surface area contributed by atoms with Crippen LogP contribution in [0.3, 0.4) is 0 Å². The van der Waals surface area contributed by atoms with E-state index >= 15 is 0 Å². The lowest BCUT2D eigenvalue weighted by atomic mass is 10.1. The quantitative estimate of drug-likeness (QED) is 0.740. The summed E-state index contributed by atoms with van der Waals surface area (Å²) in [7, 11) is 3.26. The van der Waals surface area contributed by atoms with Gasteiger partial charge < -0.3 is 14.4 Å². The number of methoxy groups -OCH3 is 2. The van der Waals surface area contributed by atoms with Crippen LogP contribution in [0.25, 0.3) is 0 Å². The van der Waals surface area contributed by atoms with Crippen molar-refractivity contribution in [2.45, 2.75) is 45.6 Å². The Kier molecular flexibility index (Phi) is 5.69. The molecule has 2 rings (SSSR count). The molecule has 1 aromatic carbocycles. The highest BCUT2D eigenvalue weighted by Crippen LogP contribution is 2.30. The van der Waals surface area contributed by atoms with Gasteiger partial charge in [0.05, 0.1) is 20.6 Å². The summed E-state index contributed by atoms with van der Waals surface area (Å²) in [5, 5.41) is 0. The number of carbonyl (C=O) groups is 1. The summed E-state index contributed by atoms with van der Waals surface area (Å²) in [6.07, 6.45) is 3.70. The normalized spacial score (nSPS) is 14.0. The van der Waals surface area contributed by atoms with Crippen LogP contribution in [0, 0.1) is 5.92 Å². The lowest BCUT2D eigenvalue weighted by molar-refractivity contribution is -0.131. The molecule has 0 aliphatic heterocycles. The van der Waals surface area contributed by atoms with Gasteiger partial charge in [-0.25, -0.2) is 0 Å². The van der Waals surface area contributed by atoms with Gasteiger partial charge in [0.2, 0.25) is 5.91 Å². The molecule has 1 saturated carbocycles. The fourth-order valence-electron chi connectivity index (χ4n) is 2.58. The van der Waals surface area contributed by atoms with Gasteiger partial charge in [0.1, 0.15) is 11.5 Å². The first-order chi connectivity index (χ1) is 10.5. The van der Waals surface area contributed by atoms with Gasteiger partial charge in [-0.05, 0) is 43.4 Å². The van der Waals surface area contributed by atoms with Crippen molar-refractivity contribution in [3.63, 3.8) is 0 Å². The maximum atomic E-state index is 12.7. The predicted molar refractivity (Wildman–Crippen MR) is 87.4 cm³/mol. The van der Waals surface area contributed by atoms with Crippen molar-refractivity contribution >= 4 is 5.91 Å². The Labute approximate surface area is 133 Å². The molecule has 0 bridgehead atoms. The topological polar surface area (TPSA) is 38.8 Å². The molecular formula is C18H27NO3. The molecule has 1 amide bonds. The molecule has 1 fully saturated rings. The van der Waals surface area contributed by atoms with Crippen molar-refractivity contribution in [1.82, 2.24) is 4.90 Å². The summed E-state index contributed by atoms with van der Waals surface area (Å²) in [5.74, 6) is 2.30. The standard InChI is InChI=1S/C18H27NO3/c1-13(2)9-10-19(15-5-6-15)18(20)12-14-11-16(21-3)7-8-17(14)22-4/h7-8,11,13,15H,5-6,9-10,12H2,1-4H3. The molecule has 0 heterocycles. The summed E-state index contributed by atoms with van der Waals surface area (Å²) in [6, 6.07) is 6.05. The number of carbonyl (C=O) groups excluding carboxylic acids is 1. The van der Waals surface area contributed by atoms with Crippen LogP contribution in [0.1, 0.15) is 38.7 Å². The summed E-state index contributed by atoms with van der Waals surface area (Å²) < 4.78 is 10.6. The maximum Gasteiger partial charge on any atom is 0.227 e. The van der Waals surface area contributed by atoms with Crippen molar-refractivity contribution in [2.75, 3.05) is 20.8 Å². The summed E-state index contributed by atoms with van der Waals surface area (Å²) in [4.78, 5) is 14.8. The van der Waals surface area contributed by atoms with Gasteiger partial charge in [0.25, 0.3) is 0 Å². The van der Waals surface area contributed by atoms with Crippen LogP contribution in [-0.2, 0) is 11.2 Å². The molecular weight excluding hydrogens is 278 g/mol. The smallest absolute Gasteiger partial charge is 0.227 e. The van der Waals surface area contributed by atoms with Crippen LogP contribution in [0.2, 0.25) is 0 Å². The summed E-state index contributed by atoms with van der Waals surface area (Å²) in [5.41, 5.74) is 0.891. The summed E-state index contributed by atoms with van der Waals surface area (Å²) >= 11 is 0. The van der Waals surface area contributed by atoms with Gasteiger partial charge in [-0.15, -0.1) is 0 Å². The first-order valence-corrected chi connectivity index (χ1v) is 8.05. The molecule has 0 saturated heterocycles. The van der Waals surface area contributed by atoms with Crippen LogP contribution in [0.5, 0.6) is 11.5 Å². The number of ether oxygens (including phenoxy) is 2. The Balaban J connectivity index is 2.08. The lowest BCUT2D eigenvalue weighted by Crippen LogP contribution is -2.35. The van der Waals surface area contributed by atoms with E-state index in [0.717, 1.165) is 42.9 Å². The van der Waals surface area contributed by atoms with Gasteiger partial charge in [-0.2, -0.15) is 0 Å². The highest BCUT2D eigenvalue weighted by Gasteiger charge is 2.32. The molecule has 1 aromatic rings. The average Bonchev–Trinajstić information content (AvgIpc) is 3.31. The number of hydrogen-bond acceptors (Lipinski definition) is 3. The maximum absolute atomic E-state index is 12.7. The number of benzene rings is 1. The fourth-order valence-corrected chi connectivity index (χ4v) is 2.58. The van der Waals surface area contributed by atoms with E-state index in [1.54, 1.807) is 14.2 Å². The third-order valence-corrected chi connectivity index (χ3v) is 4.08. The third-order valence-electron chi connectivity index (χ3n) is 4.08. The zero-order valence-corrected chi connectivity index (χ0v) is 14.1. The highest BCUT2D eigenvalue weighted by atomic mass is 16.5. The molecule has 22 heavy (non-hydrogen) atoms. The van der Waals surface area contributed by atoms with E-state index in [-0.39, 0.29) is 5.91 Å². The van der Waals surface area contributed by atoms with Crippen LogP contribution in [0.4, 0.5) is 0 Å².